The van der Waals surface area contributed by atoms with E-state index in [1.807, 2.05) is 19.9 Å². The number of benzene rings is 1. The van der Waals surface area contributed by atoms with E-state index in [0.29, 0.717) is 5.75 Å². The lowest BCUT2D eigenvalue weighted by molar-refractivity contribution is 0.0697. The predicted molar refractivity (Wildman–Crippen MR) is 53.5 cm³/mol. The van der Waals surface area contributed by atoms with Gasteiger partial charge >= 0.3 is 5.97 Å². The fraction of sp³-hybridized carbons (Fsp3) is 0.182. The molecule has 74 valence electrons. The van der Waals surface area contributed by atoms with Crippen LogP contribution in [0.25, 0.3) is 0 Å². The second kappa shape index (κ2) is 4.46. The van der Waals surface area contributed by atoms with Crippen molar-refractivity contribution >= 4 is 5.97 Å². The first kappa shape index (κ1) is 10.3. The van der Waals surface area contributed by atoms with Gasteiger partial charge in [0, 0.05) is 0 Å². The predicted octanol–water partition coefficient (Wildman–Crippen LogP) is 2.69. The van der Waals surface area contributed by atoms with Crippen molar-refractivity contribution in [2.24, 2.45) is 0 Å². The molecule has 0 saturated carbocycles. The molecule has 1 N–H and O–H groups in total. The molecule has 0 radical (unpaired) electrons. The molecule has 14 heavy (non-hydrogen) atoms. The summed E-state index contributed by atoms with van der Waals surface area (Å²) in [7, 11) is 0. The molecule has 0 bridgehead atoms. The van der Waals surface area contributed by atoms with Crippen molar-refractivity contribution in [1.29, 1.82) is 0 Å². The first-order valence-electron chi connectivity index (χ1n) is 4.27. The molecule has 0 saturated heterocycles. The maximum atomic E-state index is 10.5. The molecule has 0 aliphatic rings. The molecule has 1 aromatic carbocycles. The Labute approximate surface area is 82.6 Å². The highest BCUT2D eigenvalue weighted by Crippen LogP contribution is 2.14. The monoisotopic (exact) mass is 192 g/mol. The third kappa shape index (κ3) is 2.62. The van der Waals surface area contributed by atoms with Crippen molar-refractivity contribution in [3.05, 3.63) is 41.7 Å². The molecule has 0 atom stereocenters. The van der Waals surface area contributed by atoms with Gasteiger partial charge in [-0.25, -0.2) is 4.79 Å². The second-order valence-electron chi connectivity index (χ2n) is 2.83. The standard InChI is InChI=1S/C11H12O3/c1-3-8(2)14-10-6-4-9(5-7-10)11(12)13/h3-7H,1-2H3,(H,12,13). The molecule has 1 aromatic rings. The summed E-state index contributed by atoms with van der Waals surface area (Å²) in [5.74, 6) is 0.498. The normalized spacial score (nSPS) is 11.1. The smallest absolute Gasteiger partial charge is 0.335 e. The summed E-state index contributed by atoms with van der Waals surface area (Å²) in [6, 6.07) is 6.30. The summed E-state index contributed by atoms with van der Waals surface area (Å²) >= 11 is 0. The summed E-state index contributed by atoms with van der Waals surface area (Å²) in [6.45, 7) is 3.71. The molecule has 0 amide bonds. The van der Waals surface area contributed by atoms with E-state index in [2.05, 4.69) is 0 Å². The molecule has 3 nitrogen and oxygen atoms in total. The van der Waals surface area contributed by atoms with E-state index in [1.165, 1.54) is 12.1 Å². The molecule has 0 spiro atoms. The Hall–Kier alpha value is -1.77. The minimum atomic E-state index is -0.931. The van der Waals surface area contributed by atoms with Crippen LogP contribution in [0, 0.1) is 0 Å². The summed E-state index contributed by atoms with van der Waals surface area (Å²) in [5.41, 5.74) is 0.260. The van der Waals surface area contributed by atoms with Crippen molar-refractivity contribution in [2.75, 3.05) is 0 Å². The van der Waals surface area contributed by atoms with Crippen LogP contribution in [-0.2, 0) is 0 Å². The number of hydrogen-bond donors (Lipinski definition) is 1. The number of carbonyl (C=O) groups is 1. The van der Waals surface area contributed by atoms with Gasteiger partial charge in [0.1, 0.15) is 5.75 Å². The van der Waals surface area contributed by atoms with Crippen LogP contribution >= 0.6 is 0 Å². The Bertz CT molecular complexity index is 349. The van der Waals surface area contributed by atoms with Gasteiger partial charge in [0.2, 0.25) is 0 Å². The average molecular weight is 192 g/mol. The molecule has 3 heteroatoms. The van der Waals surface area contributed by atoms with Crippen LogP contribution < -0.4 is 4.74 Å². The number of aromatic carboxylic acids is 1. The van der Waals surface area contributed by atoms with Crippen LogP contribution in [0.15, 0.2) is 36.1 Å². The van der Waals surface area contributed by atoms with Crippen LogP contribution in [0.2, 0.25) is 0 Å². The quantitative estimate of drug-likeness (QED) is 0.749. The Morgan fingerprint density at radius 2 is 1.93 bits per heavy atom. The van der Waals surface area contributed by atoms with Crippen LogP contribution in [0.3, 0.4) is 0 Å². The van der Waals surface area contributed by atoms with Gasteiger partial charge in [-0.2, -0.15) is 0 Å². The van der Waals surface area contributed by atoms with E-state index in [0.717, 1.165) is 5.76 Å². The van der Waals surface area contributed by atoms with Crippen LogP contribution in [0.1, 0.15) is 24.2 Å². The number of carboxylic acid groups (broad SMARTS) is 1. The van der Waals surface area contributed by atoms with Crippen molar-refractivity contribution in [3.8, 4) is 5.75 Å². The molecular weight excluding hydrogens is 180 g/mol. The van der Waals surface area contributed by atoms with E-state index in [1.54, 1.807) is 12.1 Å². The maximum Gasteiger partial charge on any atom is 0.335 e. The minimum Gasteiger partial charge on any atom is -0.478 e. The Morgan fingerprint density at radius 1 is 1.36 bits per heavy atom. The van der Waals surface area contributed by atoms with Gasteiger partial charge in [0.05, 0.1) is 11.3 Å². The van der Waals surface area contributed by atoms with Gasteiger partial charge in [-0.05, 0) is 44.2 Å². The highest BCUT2D eigenvalue weighted by molar-refractivity contribution is 5.87. The molecule has 0 aliphatic heterocycles. The van der Waals surface area contributed by atoms with Crippen molar-refractivity contribution in [1.82, 2.24) is 0 Å². The Kier molecular flexibility index (Phi) is 3.29. The lowest BCUT2D eigenvalue weighted by Gasteiger charge is -2.04. The van der Waals surface area contributed by atoms with E-state index in [4.69, 9.17) is 9.84 Å². The van der Waals surface area contributed by atoms with Crippen LogP contribution in [-0.4, -0.2) is 11.1 Å². The zero-order valence-corrected chi connectivity index (χ0v) is 8.15. The minimum absolute atomic E-state index is 0.260. The van der Waals surface area contributed by atoms with Gasteiger partial charge in [-0.15, -0.1) is 0 Å². The maximum absolute atomic E-state index is 10.5. The van der Waals surface area contributed by atoms with Gasteiger partial charge in [0.15, 0.2) is 0 Å². The van der Waals surface area contributed by atoms with E-state index >= 15 is 0 Å². The first-order valence-corrected chi connectivity index (χ1v) is 4.27. The number of rotatable bonds is 3. The third-order valence-electron chi connectivity index (χ3n) is 1.79. The molecule has 0 aliphatic carbocycles. The van der Waals surface area contributed by atoms with Gasteiger partial charge in [0.25, 0.3) is 0 Å². The van der Waals surface area contributed by atoms with Crippen LogP contribution in [0.5, 0.6) is 5.75 Å². The number of hydrogen-bond acceptors (Lipinski definition) is 2. The molecule has 0 fully saturated rings. The second-order valence-corrected chi connectivity index (χ2v) is 2.83. The summed E-state index contributed by atoms with van der Waals surface area (Å²) in [6.07, 6.45) is 1.84. The molecule has 1 rings (SSSR count). The topological polar surface area (TPSA) is 46.5 Å². The van der Waals surface area contributed by atoms with Crippen molar-refractivity contribution in [3.63, 3.8) is 0 Å². The van der Waals surface area contributed by atoms with E-state index in [-0.39, 0.29) is 5.56 Å². The van der Waals surface area contributed by atoms with Crippen LogP contribution in [0.4, 0.5) is 0 Å². The fourth-order valence-corrected chi connectivity index (χ4v) is 0.910. The molecule has 0 aromatic heterocycles. The highest BCUT2D eigenvalue weighted by atomic mass is 16.5. The number of allylic oxidation sites excluding steroid dienone is 2. The molecular formula is C11H12O3. The highest BCUT2D eigenvalue weighted by Gasteiger charge is 2.01. The zero-order valence-electron chi connectivity index (χ0n) is 8.15. The third-order valence-corrected chi connectivity index (χ3v) is 1.79. The molecule has 0 heterocycles. The lowest BCUT2D eigenvalue weighted by Crippen LogP contribution is -1.96. The average Bonchev–Trinajstić information content (AvgIpc) is 2.18. The van der Waals surface area contributed by atoms with E-state index < -0.39 is 5.97 Å². The number of carboxylic acids is 1. The summed E-state index contributed by atoms with van der Waals surface area (Å²) in [4.78, 5) is 10.5. The van der Waals surface area contributed by atoms with E-state index in [9.17, 15) is 4.79 Å². The molecule has 0 unspecified atom stereocenters. The largest absolute Gasteiger partial charge is 0.478 e. The first-order chi connectivity index (χ1) is 6.63. The SMILES string of the molecule is CC=C(C)Oc1ccc(C(=O)O)cc1. The van der Waals surface area contributed by atoms with Crippen molar-refractivity contribution < 1.29 is 14.6 Å². The van der Waals surface area contributed by atoms with Crippen molar-refractivity contribution in [2.45, 2.75) is 13.8 Å². The van der Waals surface area contributed by atoms with Gasteiger partial charge < -0.3 is 9.84 Å². The Morgan fingerprint density at radius 3 is 2.36 bits per heavy atom. The summed E-state index contributed by atoms with van der Waals surface area (Å²) in [5, 5.41) is 8.65. The number of ether oxygens (including phenoxy) is 1. The fourth-order valence-electron chi connectivity index (χ4n) is 0.910. The lowest BCUT2D eigenvalue weighted by atomic mass is 10.2. The van der Waals surface area contributed by atoms with Gasteiger partial charge in [-0.1, -0.05) is 0 Å². The Balaban J connectivity index is 2.79. The summed E-state index contributed by atoms with van der Waals surface area (Å²) < 4.78 is 5.37. The zero-order chi connectivity index (χ0) is 10.6. The van der Waals surface area contributed by atoms with Gasteiger partial charge in [-0.3, -0.25) is 0 Å².